The van der Waals surface area contributed by atoms with Crippen molar-refractivity contribution in [2.75, 3.05) is 10.8 Å². The van der Waals surface area contributed by atoms with Crippen molar-refractivity contribution in [2.24, 2.45) is 0 Å². The van der Waals surface area contributed by atoms with Crippen LogP contribution in [0, 0.1) is 11.6 Å². The van der Waals surface area contributed by atoms with E-state index in [9.17, 15) is 18.7 Å². The molecule has 0 aromatic heterocycles. The number of aromatic hydroxyl groups is 1. The highest BCUT2D eigenvalue weighted by Crippen LogP contribution is 2.32. The molecule has 0 atom stereocenters. The highest BCUT2D eigenvalue weighted by Gasteiger charge is 2.20. The molecule has 2 N–H and O–H groups in total. The number of nitrogens with zero attached hydrogens (tertiary/aromatic N) is 1. The molecule has 0 unspecified atom stereocenters. The van der Waals surface area contributed by atoms with E-state index in [2.05, 4.69) is 18.1 Å². The second-order valence-electron chi connectivity index (χ2n) is 3.98. The molecule has 19 heavy (non-hydrogen) atoms. The van der Waals surface area contributed by atoms with Gasteiger partial charge in [-0.1, -0.05) is 32.6 Å². The SMILES string of the molecule is CCCCCNC(=O)N(S)c1ccc(F)c(F)c1O. The van der Waals surface area contributed by atoms with Gasteiger partial charge in [0.15, 0.2) is 11.6 Å². The normalized spacial score (nSPS) is 10.3. The summed E-state index contributed by atoms with van der Waals surface area (Å²) in [6, 6.07) is 1.28. The van der Waals surface area contributed by atoms with Crippen molar-refractivity contribution in [1.82, 2.24) is 5.32 Å². The monoisotopic (exact) mass is 290 g/mol. The third kappa shape index (κ3) is 3.99. The maximum atomic E-state index is 13.2. The molecule has 0 aliphatic carbocycles. The van der Waals surface area contributed by atoms with Gasteiger partial charge in [-0.3, -0.25) is 0 Å². The van der Waals surface area contributed by atoms with Crippen LogP contribution in [-0.2, 0) is 0 Å². The molecular formula is C12H16F2N2O2S. The Morgan fingerprint density at radius 2 is 2.11 bits per heavy atom. The van der Waals surface area contributed by atoms with Crippen LogP contribution in [0.5, 0.6) is 5.75 Å². The summed E-state index contributed by atoms with van der Waals surface area (Å²) in [6.45, 7) is 2.49. The zero-order valence-electron chi connectivity index (χ0n) is 10.5. The average Bonchev–Trinajstić information content (AvgIpc) is 2.40. The lowest BCUT2D eigenvalue weighted by atomic mass is 10.2. The largest absolute Gasteiger partial charge is 0.503 e. The van der Waals surface area contributed by atoms with Gasteiger partial charge in [0.2, 0.25) is 5.82 Å². The van der Waals surface area contributed by atoms with Crippen LogP contribution >= 0.6 is 12.8 Å². The van der Waals surface area contributed by atoms with Crippen LogP contribution in [0.15, 0.2) is 12.1 Å². The Bertz CT molecular complexity index is 458. The standard InChI is InChI=1S/C12H16F2N2O2S/c1-2-3-4-7-15-12(18)16(19)9-6-5-8(13)10(14)11(9)17/h5-6,17,19H,2-4,7H2,1H3,(H,15,18). The average molecular weight is 290 g/mol. The van der Waals surface area contributed by atoms with Crippen LogP contribution in [-0.4, -0.2) is 17.7 Å². The molecule has 0 bridgehead atoms. The summed E-state index contributed by atoms with van der Waals surface area (Å²) in [5.74, 6) is -3.54. The number of phenols is 1. The van der Waals surface area contributed by atoms with E-state index in [-0.39, 0.29) is 5.69 Å². The van der Waals surface area contributed by atoms with Gasteiger partial charge < -0.3 is 10.4 Å². The van der Waals surface area contributed by atoms with Crippen molar-refractivity contribution in [2.45, 2.75) is 26.2 Å². The molecule has 0 aliphatic heterocycles. The molecule has 106 valence electrons. The van der Waals surface area contributed by atoms with E-state index in [1.807, 2.05) is 6.92 Å². The molecule has 0 saturated heterocycles. The number of urea groups is 1. The van der Waals surface area contributed by atoms with Crippen LogP contribution in [0.2, 0.25) is 0 Å². The maximum Gasteiger partial charge on any atom is 0.332 e. The van der Waals surface area contributed by atoms with Crippen molar-refractivity contribution in [1.29, 1.82) is 0 Å². The van der Waals surface area contributed by atoms with Gasteiger partial charge in [-0.05, 0) is 18.6 Å². The van der Waals surface area contributed by atoms with Crippen molar-refractivity contribution < 1.29 is 18.7 Å². The number of anilines is 1. The van der Waals surface area contributed by atoms with Crippen molar-refractivity contribution >= 4 is 24.5 Å². The number of hydrogen-bond acceptors (Lipinski definition) is 3. The molecule has 2 amide bonds. The molecule has 0 fully saturated rings. The lowest BCUT2D eigenvalue weighted by Crippen LogP contribution is -2.34. The molecule has 0 radical (unpaired) electrons. The molecule has 4 nitrogen and oxygen atoms in total. The minimum absolute atomic E-state index is 0.213. The summed E-state index contributed by atoms with van der Waals surface area (Å²) >= 11 is 3.86. The summed E-state index contributed by atoms with van der Waals surface area (Å²) in [7, 11) is 0. The fourth-order valence-corrected chi connectivity index (χ4v) is 1.69. The van der Waals surface area contributed by atoms with E-state index in [1.165, 1.54) is 0 Å². The lowest BCUT2D eigenvalue weighted by Gasteiger charge is -2.17. The molecule has 1 aromatic carbocycles. The number of nitrogens with one attached hydrogen (secondary N) is 1. The summed E-state index contributed by atoms with van der Waals surface area (Å²) in [5, 5.41) is 12.0. The van der Waals surface area contributed by atoms with Crippen LogP contribution in [0.25, 0.3) is 0 Å². The van der Waals surface area contributed by atoms with Crippen molar-refractivity contribution in [3.05, 3.63) is 23.8 Å². The van der Waals surface area contributed by atoms with Crippen molar-refractivity contribution in [3.63, 3.8) is 0 Å². The first kappa shape index (κ1) is 15.6. The number of phenolic OH excluding ortho intramolecular Hbond substituents is 1. The summed E-state index contributed by atoms with van der Waals surface area (Å²) in [4.78, 5) is 11.7. The lowest BCUT2D eigenvalue weighted by molar-refractivity contribution is 0.249. The third-order valence-corrected chi connectivity index (χ3v) is 2.92. The molecule has 1 rings (SSSR count). The van der Waals surface area contributed by atoms with E-state index >= 15 is 0 Å². The van der Waals surface area contributed by atoms with Gasteiger partial charge in [-0.25, -0.2) is 13.5 Å². The van der Waals surface area contributed by atoms with Gasteiger partial charge in [-0.2, -0.15) is 4.39 Å². The predicted octanol–water partition coefficient (Wildman–Crippen LogP) is 3.22. The zero-order chi connectivity index (χ0) is 14.4. The highest BCUT2D eigenvalue weighted by molar-refractivity contribution is 7.82. The minimum atomic E-state index is -1.41. The first-order valence-corrected chi connectivity index (χ1v) is 6.32. The Balaban J connectivity index is 2.69. The number of halogens is 2. The summed E-state index contributed by atoms with van der Waals surface area (Å²) in [5.41, 5.74) is -0.213. The van der Waals surface area contributed by atoms with Crippen LogP contribution in [0.3, 0.4) is 0 Å². The molecule has 0 spiro atoms. The third-order valence-electron chi connectivity index (χ3n) is 2.52. The molecule has 0 saturated carbocycles. The van der Waals surface area contributed by atoms with Gasteiger partial charge in [0.25, 0.3) is 0 Å². The smallest absolute Gasteiger partial charge is 0.332 e. The summed E-state index contributed by atoms with van der Waals surface area (Å²) in [6.07, 6.45) is 2.81. The number of carbonyl (C=O) groups is 1. The molecule has 1 aromatic rings. The van der Waals surface area contributed by atoms with Crippen LogP contribution < -0.4 is 9.62 Å². The number of carbonyl (C=O) groups excluding carboxylic acids is 1. The first-order valence-electron chi connectivity index (χ1n) is 5.92. The number of thiol groups is 1. The second kappa shape index (κ2) is 7.18. The second-order valence-corrected chi connectivity index (χ2v) is 4.38. The van der Waals surface area contributed by atoms with E-state index in [0.29, 0.717) is 6.54 Å². The van der Waals surface area contributed by atoms with E-state index < -0.39 is 23.4 Å². The topological polar surface area (TPSA) is 52.6 Å². The maximum absolute atomic E-state index is 13.2. The number of benzene rings is 1. The van der Waals surface area contributed by atoms with Crippen LogP contribution in [0.1, 0.15) is 26.2 Å². The Morgan fingerprint density at radius 1 is 1.42 bits per heavy atom. The number of rotatable bonds is 5. The first-order chi connectivity index (χ1) is 8.99. The molecular weight excluding hydrogens is 274 g/mol. The minimum Gasteiger partial charge on any atom is -0.503 e. The Morgan fingerprint density at radius 3 is 2.74 bits per heavy atom. The fraction of sp³-hybridized carbons (Fsp3) is 0.417. The Kier molecular flexibility index (Phi) is 5.88. The molecule has 0 heterocycles. The quantitative estimate of drug-likeness (QED) is 0.576. The van der Waals surface area contributed by atoms with E-state index in [1.54, 1.807) is 0 Å². The van der Waals surface area contributed by atoms with E-state index in [4.69, 9.17) is 0 Å². The van der Waals surface area contributed by atoms with E-state index in [0.717, 1.165) is 35.7 Å². The van der Waals surface area contributed by atoms with Gasteiger partial charge in [0.1, 0.15) is 5.69 Å². The fourth-order valence-electron chi connectivity index (χ4n) is 1.46. The molecule has 7 heteroatoms. The van der Waals surface area contributed by atoms with Gasteiger partial charge in [0, 0.05) is 6.54 Å². The zero-order valence-corrected chi connectivity index (χ0v) is 11.4. The number of unbranched alkanes of at least 4 members (excludes halogenated alkanes) is 2. The van der Waals surface area contributed by atoms with Gasteiger partial charge >= 0.3 is 6.03 Å². The van der Waals surface area contributed by atoms with Gasteiger partial charge in [0.05, 0.1) is 0 Å². The molecule has 0 aliphatic rings. The summed E-state index contributed by atoms with van der Waals surface area (Å²) < 4.78 is 26.7. The predicted molar refractivity (Wildman–Crippen MR) is 72.4 cm³/mol. The van der Waals surface area contributed by atoms with Gasteiger partial charge in [-0.15, -0.1) is 0 Å². The number of hydrogen-bond donors (Lipinski definition) is 3. The highest BCUT2D eigenvalue weighted by atomic mass is 32.1. The van der Waals surface area contributed by atoms with Crippen LogP contribution in [0.4, 0.5) is 19.3 Å². The van der Waals surface area contributed by atoms with Crippen molar-refractivity contribution in [3.8, 4) is 5.75 Å². The Labute approximate surface area is 116 Å². The number of amides is 2. The Hall–Kier alpha value is -1.50.